The minimum absolute atomic E-state index is 0. The fraction of sp³-hybridized carbons (Fsp3) is 0.214. The van der Waals surface area contributed by atoms with Crippen molar-refractivity contribution in [2.24, 2.45) is 0 Å². The second-order valence-corrected chi connectivity index (χ2v) is 3.83. The first-order chi connectivity index (χ1) is 8.34. The van der Waals surface area contributed by atoms with Crippen LogP contribution in [0.5, 0.6) is 5.75 Å². The molecule has 90 valence electrons. The van der Waals surface area contributed by atoms with Crippen molar-refractivity contribution in [1.29, 1.82) is 0 Å². The Hall–Kier alpha value is -2.03. The number of nitrogens with one attached hydrogen (secondary N) is 1. The molecular weight excluding hydrogens is 212 g/mol. The molecule has 0 amide bonds. The Bertz CT molecular complexity index is 445. The van der Waals surface area contributed by atoms with Crippen LogP contribution in [0, 0.1) is 6.92 Å². The number of hydrogen-bond donors (Lipinski definition) is 1. The zero-order chi connectivity index (χ0) is 11.9. The minimum atomic E-state index is 0. The molecule has 0 saturated heterocycles. The molecule has 0 unspecified atom stereocenters. The van der Waals surface area contributed by atoms with Crippen LogP contribution in [0.3, 0.4) is 0 Å². The molecular formula is C14H18N2O. The number of pyridine rings is 1. The summed E-state index contributed by atoms with van der Waals surface area (Å²) in [7, 11) is 0. The Morgan fingerprint density at radius 1 is 1.24 bits per heavy atom. The first-order valence-electron chi connectivity index (χ1n) is 5.68. The van der Waals surface area contributed by atoms with Crippen molar-refractivity contribution in [2.75, 3.05) is 18.5 Å². The maximum Gasteiger partial charge on any atom is 0.119 e. The van der Waals surface area contributed by atoms with E-state index in [4.69, 9.17) is 4.74 Å². The molecule has 3 nitrogen and oxygen atoms in total. The number of anilines is 1. The maximum absolute atomic E-state index is 5.60. The first kappa shape index (κ1) is 11.5. The fourth-order valence-electron chi connectivity index (χ4n) is 1.47. The van der Waals surface area contributed by atoms with Crippen molar-refractivity contribution in [2.45, 2.75) is 6.92 Å². The van der Waals surface area contributed by atoms with Crippen LogP contribution >= 0.6 is 0 Å². The van der Waals surface area contributed by atoms with Gasteiger partial charge < -0.3 is 10.1 Å². The highest BCUT2D eigenvalue weighted by Crippen LogP contribution is 2.11. The second-order valence-electron chi connectivity index (χ2n) is 3.83. The van der Waals surface area contributed by atoms with E-state index < -0.39 is 0 Å². The van der Waals surface area contributed by atoms with Crippen LogP contribution in [0.2, 0.25) is 0 Å². The zero-order valence-corrected chi connectivity index (χ0v) is 9.89. The summed E-state index contributed by atoms with van der Waals surface area (Å²) in [5.41, 5.74) is 2.26. The van der Waals surface area contributed by atoms with Gasteiger partial charge in [0, 0.05) is 20.4 Å². The van der Waals surface area contributed by atoms with Crippen molar-refractivity contribution in [3.05, 3.63) is 54.4 Å². The monoisotopic (exact) mass is 230 g/mol. The lowest BCUT2D eigenvalue weighted by Gasteiger charge is -2.08. The molecule has 0 aliphatic carbocycles. The normalized spacial score (nSPS) is 9.94. The van der Waals surface area contributed by atoms with Gasteiger partial charge in [-0.25, -0.2) is 0 Å². The van der Waals surface area contributed by atoms with Crippen LogP contribution in [0.25, 0.3) is 0 Å². The summed E-state index contributed by atoms with van der Waals surface area (Å²) in [6, 6.07) is 12.0. The van der Waals surface area contributed by atoms with Gasteiger partial charge in [-0.05, 0) is 31.2 Å². The zero-order valence-electron chi connectivity index (χ0n) is 9.89. The molecule has 2 aromatic rings. The van der Waals surface area contributed by atoms with E-state index in [1.807, 2.05) is 36.4 Å². The van der Waals surface area contributed by atoms with Gasteiger partial charge in [-0.15, -0.1) is 0 Å². The molecule has 0 atom stereocenters. The number of hydrogen-bond acceptors (Lipinski definition) is 3. The van der Waals surface area contributed by atoms with Crippen LogP contribution < -0.4 is 10.1 Å². The van der Waals surface area contributed by atoms with Gasteiger partial charge in [-0.1, -0.05) is 17.7 Å². The lowest BCUT2D eigenvalue weighted by Crippen LogP contribution is -2.11. The molecule has 3 heteroatoms. The smallest absolute Gasteiger partial charge is 0.119 e. The summed E-state index contributed by atoms with van der Waals surface area (Å²) in [4.78, 5) is 4.03. The Morgan fingerprint density at radius 2 is 2.06 bits per heavy atom. The van der Waals surface area contributed by atoms with Crippen molar-refractivity contribution < 1.29 is 6.16 Å². The summed E-state index contributed by atoms with van der Waals surface area (Å²) in [5, 5.41) is 3.24. The van der Waals surface area contributed by atoms with Crippen molar-refractivity contribution in [3.8, 4) is 5.75 Å². The van der Waals surface area contributed by atoms with Gasteiger partial charge in [0.1, 0.15) is 12.4 Å². The molecule has 1 aromatic carbocycles. The third-order valence-electron chi connectivity index (χ3n) is 2.38. The predicted molar refractivity (Wildman–Crippen MR) is 71.5 cm³/mol. The van der Waals surface area contributed by atoms with E-state index in [0.717, 1.165) is 18.0 Å². The van der Waals surface area contributed by atoms with Gasteiger partial charge in [0.2, 0.25) is 0 Å². The molecule has 1 aromatic heterocycles. The average molecular weight is 230 g/mol. The largest absolute Gasteiger partial charge is 0.492 e. The van der Waals surface area contributed by atoms with Crippen molar-refractivity contribution >= 4 is 5.69 Å². The second kappa shape index (κ2) is 5.89. The van der Waals surface area contributed by atoms with E-state index in [-0.39, 0.29) is 1.43 Å². The Kier molecular flexibility index (Phi) is 3.97. The van der Waals surface area contributed by atoms with Gasteiger partial charge in [0.25, 0.3) is 0 Å². The molecule has 0 spiro atoms. The summed E-state index contributed by atoms with van der Waals surface area (Å²) in [5.74, 6) is 0.906. The van der Waals surface area contributed by atoms with E-state index in [1.165, 1.54) is 5.56 Å². The summed E-state index contributed by atoms with van der Waals surface area (Å²) in [6.07, 6.45) is 3.56. The van der Waals surface area contributed by atoms with Gasteiger partial charge >= 0.3 is 0 Å². The standard InChI is InChI=1S/C14H16N2O.H2/c1-12-4-6-14(7-5-12)17-10-9-16-13-3-2-8-15-11-13;/h2-8,11,16H,9-10H2,1H3;1H. The van der Waals surface area contributed by atoms with E-state index in [1.54, 1.807) is 12.4 Å². The van der Waals surface area contributed by atoms with E-state index >= 15 is 0 Å². The van der Waals surface area contributed by atoms with Crippen LogP contribution in [0.1, 0.15) is 6.99 Å². The summed E-state index contributed by atoms with van der Waals surface area (Å²) in [6.45, 7) is 3.46. The van der Waals surface area contributed by atoms with E-state index in [2.05, 4.69) is 17.2 Å². The lowest BCUT2D eigenvalue weighted by atomic mass is 10.2. The van der Waals surface area contributed by atoms with Crippen molar-refractivity contribution in [1.82, 2.24) is 4.98 Å². The molecule has 2 rings (SSSR count). The molecule has 0 radical (unpaired) electrons. The molecule has 17 heavy (non-hydrogen) atoms. The van der Waals surface area contributed by atoms with Crippen LogP contribution in [0.15, 0.2) is 48.8 Å². The minimum Gasteiger partial charge on any atom is -0.492 e. The Labute approximate surface area is 103 Å². The molecule has 1 heterocycles. The van der Waals surface area contributed by atoms with Gasteiger partial charge in [0.05, 0.1) is 5.69 Å². The third-order valence-corrected chi connectivity index (χ3v) is 2.38. The molecule has 1 N–H and O–H groups in total. The number of nitrogens with zero attached hydrogens (tertiary/aromatic N) is 1. The fourth-order valence-corrected chi connectivity index (χ4v) is 1.47. The van der Waals surface area contributed by atoms with Crippen LogP contribution in [-0.4, -0.2) is 18.1 Å². The Morgan fingerprint density at radius 3 is 2.76 bits per heavy atom. The third kappa shape index (κ3) is 3.79. The van der Waals surface area contributed by atoms with E-state index in [0.29, 0.717) is 6.61 Å². The number of aryl methyl sites for hydroxylation is 1. The molecule has 0 fully saturated rings. The van der Waals surface area contributed by atoms with Crippen LogP contribution in [0.4, 0.5) is 5.69 Å². The number of ether oxygens (including phenoxy) is 1. The summed E-state index contributed by atoms with van der Waals surface area (Å²) < 4.78 is 5.60. The van der Waals surface area contributed by atoms with Gasteiger partial charge in [-0.2, -0.15) is 0 Å². The van der Waals surface area contributed by atoms with Crippen molar-refractivity contribution in [3.63, 3.8) is 0 Å². The van der Waals surface area contributed by atoms with Gasteiger partial charge in [0.15, 0.2) is 0 Å². The highest BCUT2D eigenvalue weighted by molar-refractivity contribution is 5.39. The average Bonchev–Trinajstić information content (AvgIpc) is 2.38. The maximum atomic E-state index is 5.60. The SMILES string of the molecule is Cc1ccc(OCCNc2cccnc2)cc1.[HH]. The quantitative estimate of drug-likeness (QED) is 0.801. The number of benzene rings is 1. The van der Waals surface area contributed by atoms with Crippen LogP contribution in [-0.2, 0) is 0 Å². The highest BCUT2D eigenvalue weighted by atomic mass is 16.5. The molecule has 0 saturated carbocycles. The number of aromatic nitrogens is 1. The number of rotatable bonds is 5. The first-order valence-corrected chi connectivity index (χ1v) is 5.68. The van der Waals surface area contributed by atoms with E-state index in [9.17, 15) is 0 Å². The molecule has 0 aliphatic heterocycles. The highest BCUT2D eigenvalue weighted by Gasteiger charge is 1.93. The summed E-state index contributed by atoms with van der Waals surface area (Å²) >= 11 is 0. The lowest BCUT2D eigenvalue weighted by molar-refractivity contribution is 0.333. The Balaban J connectivity index is 0.00000162. The predicted octanol–water partition coefficient (Wildman–Crippen LogP) is 3.13. The molecule has 0 aliphatic rings. The molecule has 0 bridgehead atoms. The topological polar surface area (TPSA) is 34.1 Å². The van der Waals surface area contributed by atoms with Gasteiger partial charge in [-0.3, -0.25) is 4.98 Å².